The van der Waals surface area contributed by atoms with Crippen molar-refractivity contribution < 1.29 is 19.1 Å². The van der Waals surface area contributed by atoms with Crippen LogP contribution in [0.3, 0.4) is 0 Å². The number of hydrogen-bond acceptors (Lipinski definition) is 4. The first-order valence-electron chi connectivity index (χ1n) is 10.4. The lowest BCUT2D eigenvalue weighted by molar-refractivity contribution is 0.0924. The van der Waals surface area contributed by atoms with Crippen LogP contribution in [-0.2, 0) is 0 Å². The lowest BCUT2D eigenvalue weighted by atomic mass is 9.95. The molecule has 5 nitrogen and oxygen atoms in total. The van der Waals surface area contributed by atoms with E-state index in [1.165, 1.54) is 0 Å². The van der Waals surface area contributed by atoms with Gasteiger partial charge in [0, 0.05) is 16.7 Å². The molecule has 1 N–H and O–H groups in total. The number of fused-ring (bicyclic) bond motifs is 1. The molecule has 1 aliphatic rings. The van der Waals surface area contributed by atoms with Gasteiger partial charge in [-0.15, -0.1) is 0 Å². The lowest BCUT2D eigenvalue weighted by Gasteiger charge is -2.25. The Bertz CT molecular complexity index is 1070. The maximum Gasteiger partial charge on any atom is 0.251 e. The van der Waals surface area contributed by atoms with Gasteiger partial charge in [0.05, 0.1) is 6.04 Å². The second-order valence-electron chi connectivity index (χ2n) is 7.87. The van der Waals surface area contributed by atoms with Crippen LogP contribution in [0.15, 0.2) is 72.8 Å². The molecule has 3 aromatic rings. The summed E-state index contributed by atoms with van der Waals surface area (Å²) in [5.41, 5.74) is 2.64. The highest BCUT2D eigenvalue weighted by molar-refractivity contribution is 6.09. The molecule has 0 fully saturated rings. The van der Waals surface area contributed by atoms with E-state index in [9.17, 15) is 9.59 Å². The first-order valence-corrected chi connectivity index (χ1v) is 10.4. The predicted octanol–water partition coefficient (Wildman–Crippen LogP) is 4.82. The molecule has 0 aliphatic carbocycles. The summed E-state index contributed by atoms with van der Waals surface area (Å²) in [7, 11) is 0. The summed E-state index contributed by atoms with van der Waals surface area (Å²) >= 11 is 0. The van der Waals surface area contributed by atoms with Crippen molar-refractivity contribution in [3.63, 3.8) is 0 Å². The molecule has 158 valence electrons. The Kier molecular flexibility index (Phi) is 6.03. The molecule has 1 unspecified atom stereocenters. The Labute approximate surface area is 182 Å². The third kappa shape index (κ3) is 4.61. The third-order valence-electron chi connectivity index (χ3n) is 5.32. The summed E-state index contributed by atoms with van der Waals surface area (Å²) in [5, 5.41) is 3.12. The van der Waals surface area contributed by atoms with Crippen molar-refractivity contribution in [2.75, 3.05) is 13.2 Å². The smallest absolute Gasteiger partial charge is 0.251 e. The van der Waals surface area contributed by atoms with Crippen LogP contribution in [0.25, 0.3) is 0 Å². The topological polar surface area (TPSA) is 64.6 Å². The van der Waals surface area contributed by atoms with Crippen LogP contribution in [0, 0.1) is 5.92 Å². The number of rotatable bonds is 6. The molecule has 5 heteroatoms. The fourth-order valence-electron chi connectivity index (χ4n) is 3.64. The molecule has 3 aromatic carbocycles. The molecule has 4 rings (SSSR count). The number of nitrogens with one attached hydrogen (secondary N) is 1. The monoisotopic (exact) mass is 415 g/mol. The van der Waals surface area contributed by atoms with Gasteiger partial charge in [-0.1, -0.05) is 62.4 Å². The van der Waals surface area contributed by atoms with Gasteiger partial charge in [0.1, 0.15) is 13.2 Å². The Morgan fingerprint density at radius 3 is 2.06 bits per heavy atom. The minimum atomic E-state index is -0.188. The SMILES string of the molecule is CC(C)C(NC(=O)c1ccc(C(=O)c2ccccc2)cc1)c1ccc2c(c1)OCCO2. The van der Waals surface area contributed by atoms with Gasteiger partial charge in [0.25, 0.3) is 5.91 Å². The standard InChI is InChI=1S/C26H25NO4/c1-17(2)24(21-12-13-22-23(16-21)31-15-14-30-22)27-26(29)20-10-8-19(9-11-20)25(28)18-6-4-3-5-7-18/h3-13,16-17,24H,14-15H2,1-2H3,(H,27,29). The molecule has 1 amide bonds. The van der Waals surface area contributed by atoms with Crippen LogP contribution in [0.5, 0.6) is 11.5 Å². The molecular formula is C26H25NO4. The van der Waals surface area contributed by atoms with Gasteiger partial charge in [-0.2, -0.15) is 0 Å². The van der Waals surface area contributed by atoms with Gasteiger partial charge in [0.2, 0.25) is 0 Å². The van der Waals surface area contributed by atoms with E-state index in [1.54, 1.807) is 36.4 Å². The summed E-state index contributed by atoms with van der Waals surface area (Å²) in [6.07, 6.45) is 0. The van der Waals surface area contributed by atoms with Gasteiger partial charge in [-0.05, 0) is 35.7 Å². The number of carbonyl (C=O) groups excluding carboxylic acids is 2. The molecule has 31 heavy (non-hydrogen) atoms. The normalized spacial score (nSPS) is 13.5. The largest absolute Gasteiger partial charge is 0.486 e. The zero-order valence-electron chi connectivity index (χ0n) is 17.6. The van der Waals surface area contributed by atoms with Gasteiger partial charge in [0.15, 0.2) is 17.3 Å². The molecule has 1 aliphatic heterocycles. The quantitative estimate of drug-likeness (QED) is 0.587. The second kappa shape index (κ2) is 9.04. The molecule has 1 heterocycles. The number of carbonyl (C=O) groups is 2. The van der Waals surface area contributed by atoms with E-state index in [0.29, 0.717) is 35.7 Å². The molecule has 0 aromatic heterocycles. The maximum atomic E-state index is 12.9. The molecule has 0 spiro atoms. The van der Waals surface area contributed by atoms with Gasteiger partial charge < -0.3 is 14.8 Å². The van der Waals surface area contributed by atoms with E-state index >= 15 is 0 Å². The van der Waals surface area contributed by atoms with Crippen molar-refractivity contribution in [1.29, 1.82) is 0 Å². The summed E-state index contributed by atoms with van der Waals surface area (Å²) in [6.45, 7) is 5.18. The molecule has 0 radical (unpaired) electrons. The van der Waals surface area contributed by atoms with Crippen LogP contribution < -0.4 is 14.8 Å². The van der Waals surface area contributed by atoms with E-state index in [4.69, 9.17) is 9.47 Å². The van der Waals surface area contributed by atoms with Crippen LogP contribution in [0.4, 0.5) is 0 Å². The Morgan fingerprint density at radius 2 is 1.39 bits per heavy atom. The van der Waals surface area contributed by atoms with Crippen molar-refractivity contribution in [3.05, 3.63) is 95.1 Å². The van der Waals surface area contributed by atoms with E-state index in [2.05, 4.69) is 19.2 Å². The molecular weight excluding hydrogens is 390 g/mol. The second-order valence-corrected chi connectivity index (χ2v) is 7.87. The summed E-state index contributed by atoms with van der Waals surface area (Å²) in [4.78, 5) is 25.5. The Balaban J connectivity index is 1.50. The Morgan fingerprint density at radius 1 is 0.774 bits per heavy atom. The number of ketones is 1. The van der Waals surface area contributed by atoms with E-state index in [0.717, 1.165) is 11.3 Å². The fraction of sp³-hybridized carbons (Fsp3) is 0.231. The van der Waals surface area contributed by atoms with Crippen molar-refractivity contribution in [2.45, 2.75) is 19.9 Å². The fourth-order valence-corrected chi connectivity index (χ4v) is 3.64. The highest BCUT2D eigenvalue weighted by atomic mass is 16.6. The van der Waals surface area contributed by atoms with Crippen LogP contribution in [0.2, 0.25) is 0 Å². The first-order chi connectivity index (χ1) is 15.0. The van der Waals surface area contributed by atoms with E-state index in [1.807, 2.05) is 36.4 Å². The van der Waals surface area contributed by atoms with Crippen LogP contribution in [-0.4, -0.2) is 24.9 Å². The van der Waals surface area contributed by atoms with Crippen LogP contribution in [0.1, 0.15) is 51.7 Å². The van der Waals surface area contributed by atoms with Crippen molar-refractivity contribution >= 4 is 11.7 Å². The molecule has 0 bridgehead atoms. The lowest BCUT2D eigenvalue weighted by Crippen LogP contribution is -2.32. The van der Waals surface area contributed by atoms with E-state index in [-0.39, 0.29) is 23.7 Å². The minimum Gasteiger partial charge on any atom is -0.486 e. The maximum absolute atomic E-state index is 12.9. The number of hydrogen-bond donors (Lipinski definition) is 1. The minimum absolute atomic E-state index is 0.0658. The van der Waals surface area contributed by atoms with Gasteiger partial charge >= 0.3 is 0 Å². The Hall–Kier alpha value is -3.60. The predicted molar refractivity (Wildman–Crippen MR) is 119 cm³/mol. The zero-order valence-corrected chi connectivity index (χ0v) is 17.6. The van der Waals surface area contributed by atoms with Crippen molar-refractivity contribution in [2.24, 2.45) is 5.92 Å². The molecule has 0 saturated heterocycles. The van der Waals surface area contributed by atoms with Crippen LogP contribution >= 0.6 is 0 Å². The average Bonchev–Trinajstić information content (AvgIpc) is 2.82. The highest BCUT2D eigenvalue weighted by Crippen LogP contribution is 2.34. The summed E-state index contributed by atoms with van der Waals surface area (Å²) in [6, 6.07) is 21.4. The third-order valence-corrected chi connectivity index (χ3v) is 5.32. The van der Waals surface area contributed by atoms with Gasteiger partial charge in [-0.3, -0.25) is 9.59 Å². The van der Waals surface area contributed by atoms with Crippen molar-refractivity contribution in [1.82, 2.24) is 5.32 Å². The zero-order chi connectivity index (χ0) is 21.8. The summed E-state index contributed by atoms with van der Waals surface area (Å²) in [5.74, 6) is 1.34. The van der Waals surface area contributed by atoms with Crippen molar-refractivity contribution in [3.8, 4) is 11.5 Å². The number of benzene rings is 3. The molecule has 1 atom stereocenters. The first kappa shape index (κ1) is 20.7. The highest BCUT2D eigenvalue weighted by Gasteiger charge is 2.22. The number of ether oxygens (including phenoxy) is 2. The molecule has 0 saturated carbocycles. The van der Waals surface area contributed by atoms with E-state index < -0.39 is 0 Å². The summed E-state index contributed by atoms with van der Waals surface area (Å²) < 4.78 is 11.3. The average molecular weight is 415 g/mol. The van der Waals surface area contributed by atoms with Gasteiger partial charge in [-0.25, -0.2) is 0 Å². The number of amides is 1.